The van der Waals surface area contributed by atoms with E-state index in [0.29, 0.717) is 11.6 Å². The third kappa shape index (κ3) is 3.03. The van der Waals surface area contributed by atoms with E-state index in [-0.39, 0.29) is 23.6 Å². The third-order valence-electron chi connectivity index (χ3n) is 3.91. The fourth-order valence-corrected chi connectivity index (χ4v) is 2.78. The van der Waals surface area contributed by atoms with Crippen molar-refractivity contribution in [2.75, 3.05) is 13.6 Å². The number of halogens is 1. The van der Waals surface area contributed by atoms with Crippen LogP contribution in [0, 0.1) is 0 Å². The summed E-state index contributed by atoms with van der Waals surface area (Å²) in [6, 6.07) is 14.0. The van der Waals surface area contributed by atoms with Crippen LogP contribution in [0.15, 0.2) is 48.5 Å². The van der Waals surface area contributed by atoms with E-state index in [4.69, 9.17) is 11.6 Å². The van der Waals surface area contributed by atoms with Gasteiger partial charge in [0.25, 0.3) is 11.8 Å². The average molecular weight is 343 g/mol. The van der Waals surface area contributed by atoms with Crippen LogP contribution < -0.4 is 0 Å². The first-order valence-corrected chi connectivity index (χ1v) is 7.79. The van der Waals surface area contributed by atoms with Gasteiger partial charge in [-0.3, -0.25) is 19.3 Å². The zero-order valence-corrected chi connectivity index (χ0v) is 13.8. The fraction of sp³-hybridized carbons (Fsp3) is 0.167. The highest BCUT2D eigenvalue weighted by Crippen LogP contribution is 2.25. The predicted octanol–water partition coefficient (Wildman–Crippen LogP) is 2.59. The number of rotatable bonds is 4. The monoisotopic (exact) mass is 342 g/mol. The third-order valence-corrected chi connectivity index (χ3v) is 4.15. The molecule has 3 rings (SSSR count). The standard InChI is InChI=1S/C18H15ClN2O3/c1-20(10-12-5-3-2-4-6-12)16(22)11-21-17(23)14-8-7-13(19)9-15(14)18(21)24/h2-9H,10-11H2,1H3. The average Bonchev–Trinajstić information content (AvgIpc) is 2.80. The van der Waals surface area contributed by atoms with E-state index in [9.17, 15) is 14.4 Å². The Morgan fingerprint density at radius 3 is 2.42 bits per heavy atom. The quantitative estimate of drug-likeness (QED) is 0.802. The topological polar surface area (TPSA) is 57.7 Å². The lowest BCUT2D eigenvalue weighted by molar-refractivity contribution is -0.130. The van der Waals surface area contributed by atoms with Crippen molar-refractivity contribution in [3.8, 4) is 0 Å². The first kappa shape index (κ1) is 16.2. The number of hydrogen-bond acceptors (Lipinski definition) is 3. The predicted molar refractivity (Wildman–Crippen MR) is 89.7 cm³/mol. The molecule has 0 saturated carbocycles. The van der Waals surface area contributed by atoms with Gasteiger partial charge in [-0.15, -0.1) is 0 Å². The van der Waals surface area contributed by atoms with E-state index in [0.717, 1.165) is 10.5 Å². The lowest BCUT2D eigenvalue weighted by Crippen LogP contribution is -2.40. The number of amides is 3. The van der Waals surface area contributed by atoms with Gasteiger partial charge in [0.1, 0.15) is 6.54 Å². The number of hydrogen-bond donors (Lipinski definition) is 0. The molecule has 1 aliphatic heterocycles. The molecule has 24 heavy (non-hydrogen) atoms. The van der Waals surface area contributed by atoms with Crippen molar-refractivity contribution in [3.05, 3.63) is 70.2 Å². The molecule has 2 aromatic rings. The molecule has 1 heterocycles. The normalized spacial score (nSPS) is 13.2. The van der Waals surface area contributed by atoms with Crippen LogP contribution in [0.4, 0.5) is 0 Å². The molecule has 3 amide bonds. The highest BCUT2D eigenvalue weighted by Gasteiger charge is 2.37. The van der Waals surface area contributed by atoms with E-state index in [1.54, 1.807) is 13.1 Å². The molecule has 0 atom stereocenters. The molecule has 5 nitrogen and oxygen atoms in total. The van der Waals surface area contributed by atoms with Crippen molar-refractivity contribution in [3.63, 3.8) is 0 Å². The van der Waals surface area contributed by atoms with E-state index in [1.807, 2.05) is 30.3 Å². The SMILES string of the molecule is CN(Cc1ccccc1)C(=O)CN1C(=O)c2ccc(Cl)cc2C1=O. The van der Waals surface area contributed by atoms with Gasteiger partial charge in [-0.05, 0) is 23.8 Å². The molecule has 0 bridgehead atoms. The maximum absolute atomic E-state index is 12.4. The Bertz CT molecular complexity index is 820. The summed E-state index contributed by atoms with van der Waals surface area (Å²) in [4.78, 5) is 39.5. The lowest BCUT2D eigenvalue weighted by atomic mass is 10.1. The number of imide groups is 1. The van der Waals surface area contributed by atoms with Gasteiger partial charge in [0.2, 0.25) is 5.91 Å². The summed E-state index contributed by atoms with van der Waals surface area (Å²) in [5, 5.41) is 0.379. The number of fused-ring (bicyclic) bond motifs is 1. The second kappa shape index (κ2) is 6.45. The maximum atomic E-state index is 12.4. The van der Waals surface area contributed by atoms with E-state index in [2.05, 4.69) is 0 Å². The zero-order valence-electron chi connectivity index (χ0n) is 13.0. The molecule has 0 unspecified atom stereocenters. The Labute approximate surface area is 144 Å². The minimum Gasteiger partial charge on any atom is -0.340 e. The fourth-order valence-electron chi connectivity index (χ4n) is 2.61. The molecule has 0 aliphatic carbocycles. The van der Waals surface area contributed by atoms with Crippen molar-refractivity contribution in [1.82, 2.24) is 9.80 Å². The van der Waals surface area contributed by atoms with Crippen LogP contribution in [0.1, 0.15) is 26.3 Å². The van der Waals surface area contributed by atoms with Gasteiger partial charge in [-0.2, -0.15) is 0 Å². The Hall–Kier alpha value is -2.66. The Morgan fingerprint density at radius 1 is 1.04 bits per heavy atom. The molecule has 6 heteroatoms. The first-order chi connectivity index (χ1) is 11.5. The van der Waals surface area contributed by atoms with Crippen LogP contribution in [0.3, 0.4) is 0 Å². The largest absolute Gasteiger partial charge is 0.340 e. The zero-order chi connectivity index (χ0) is 17.3. The molecule has 0 aromatic heterocycles. The minimum absolute atomic E-state index is 0.242. The van der Waals surface area contributed by atoms with Crippen LogP contribution in [-0.2, 0) is 11.3 Å². The highest BCUT2D eigenvalue weighted by molar-refractivity contribution is 6.32. The van der Waals surface area contributed by atoms with Crippen molar-refractivity contribution in [2.45, 2.75) is 6.54 Å². The first-order valence-electron chi connectivity index (χ1n) is 7.41. The molecule has 122 valence electrons. The van der Waals surface area contributed by atoms with Crippen LogP contribution in [0.25, 0.3) is 0 Å². The Balaban J connectivity index is 1.71. The van der Waals surface area contributed by atoms with E-state index >= 15 is 0 Å². The number of benzene rings is 2. The van der Waals surface area contributed by atoms with Gasteiger partial charge in [-0.1, -0.05) is 41.9 Å². The van der Waals surface area contributed by atoms with Gasteiger partial charge in [-0.25, -0.2) is 0 Å². The van der Waals surface area contributed by atoms with Crippen LogP contribution in [-0.4, -0.2) is 41.1 Å². The van der Waals surface area contributed by atoms with Crippen LogP contribution in [0.2, 0.25) is 5.02 Å². The summed E-state index contributed by atoms with van der Waals surface area (Å²) in [6.07, 6.45) is 0. The number of likely N-dealkylation sites (N-methyl/N-ethyl adjacent to an activating group) is 1. The van der Waals surface area contributed by atoms with Crippen molar-refractivity contribution < 1.29 is 14.4 Å². The number of carbonyl (C=O) groups is 3. The van der Waals surface area contributed by atoms with Crippen LogP contribution in [0.5, 0.6) is 0 Å². The molecule has 0 spiro atoms. The van der Waals surface area contributed by atoms with E-state index < -0.39 is 11.8 Å². The maximum Gasteiger partial charge on any atom is 0.262 e. The molecule has 1 aliphatic rings. The molecule has 0 radical (unpaired) electrons. The van der Waals surface area contributed by atoms with Gasteiger partial charge in [0.15, 0.2) is 0 Å². The van der Waals surface area contributed by atoms with Gasteiger partial charge in [0.05, 0.1) is 11.1 Å². The minimum atomic E-state index is -0.487. The van der Waals surface area contributed by atoms with Crippen molar-refractivity contribution >= 4 is 29.3 Å². The molecular weight excluding hydrogens is 328 g/mol. The number of carbonyl (C=O) groups excluding carboxylic acids is 3. The summed E-state index contributed by atoms with van der Waals surface area (Å²) in [6.45, 7) is 0.127. The molecule has 2 aromatic carbocycles. The molecular formula is C18H15ClN2O3. The Morgan fingerprint density at radius 2 is 1.71 bits per heavy atom. The lowest BCUT2D eigenvalue weighted by Gasteiger charge is -2.20. The molecule has 0 saturated heterocycles. The smallest absolute Gasteiger partial charge is 0.262 e. The summed E-state index contributed by atoms with van der Waals surface area (Å²) in [5.74, 6) is -1.26. The van der Waals surface area contributed by atoms with Gasteiger partial charge < -0.3 is 4.90 Å². The second-order valence-electron chi connectivity index (χ2n) is 5.62. The van der Waals surface area contributed by atoms with Gasteiger partial charge in [0, 0.05) is 18.6 Å². The number of nitrogens with zero attached hydrogens (tertiary/aromatic N) is 2. The second-order valence-corrected chi connectivity index (χ2v) is 6.06. The molecule has 0 fully saturated rings. The Kier molecular flexibility index (Phi) is 4.36. The van der Waals surface area contributed by atoms with Crippen molar-refractivity contribution in [1.29, 1.82) is 0 Å². The summed E-state index contributed by atoms with van der Waals surface area (Å²) in [7, 11) is 1.64. The summed E-state index contributed by atoms with van der Waals surface area (Å²) in [5.41, 5.74) is 1.50. The summed E-state index contributed by atoms with van der Waals surface area (Å²) >= 11 is 5.87. The summed E-state index contributed by atoms with van der Waals surface area (Å²) < 4.78 is 0. The van der Waals surface area contributed by atoms with Crippen LogP contribution >= 0.6 is 11.6 Å². The highest BCUT2D eigenvalue weighted by atomic mass is 35.5. The van der Waals surface area contributed by atoms with Gasteiger partial charge >= 0.3 is 0 Å². The van der Waals surface area contributed by atoms with E-state index in [1.165, 1.54) is 17.0 Å². The molecule has 0 N–H and O–H groups in total. The van der Waals surface area contributed by atoms with Crippen molar-refractivity contribution in [2.24, 2.45) is 0 Å².